The Hall–Kier alpha value is -1.47. The number of aryl methyl sites for hydroxylation is 1. The lowest BCUT2D eigenvalue weighted by Crippen LogP contribution is -2.08. The van der Waals surface area contributed by atoms with E-state index in [1.54, 1.807) is 6.07 Å². The van der Waals surface area contributed by atoms with Gasteiger partial charge in [-0.3, -0.25) is 4.55 Å². The summed E-state index contributed by atoms with van der Waals surface area (Å²) in [5.41, 5.74) is 6.64. The van der Waals surface area contributed by atoms with Gasteiger partial charge in [0.15, 0.2) is 0 Å². The van der Waals surface area contributed by atoms with Crippen LogP contribution in [0, 0.1) is 0 Å². The van der Waals surface area contributed by atoms with Crippen molar-refractivity contribution in [3.05, 3.63) is 41.5 Å². The molecule has 2 aromatic carbocycles. The second-order valence-electron chi connectivity index (χ2n) is 6.26. The largest absolute Gasteiger partial charge is 0.395 e. The molecular formula is C20H31NO4S. The predicted molar refractivity (Wildman–Crippen MR) is 107 cm³/mol. The van der Waals surface area contributed by atoms with Crippen molar-refractivity contribution >= 4 is 20.9 Å². The van der Waals surface area contributed by atoms with Crippen LogP contribution in [0.25, 0.3) is 10.8 Å². The Morgan fingerprint density at radius 1 is 1.04 bits per heavy atom. The Morgan fingerprint density at radius 3 is 2.15 bits per heavy atom. The molecule has 0 heterocycles. The number of rotatable bonds is 8. The van der Waals surface area contributed by atoms with Crippen molar-refractivity contribution in [1.82, 2.24) is 0 Å². The fourth-order valence-corrected chi connectivity index (χ4v) is 3.93. The summed E-state index contributed by atoms with van der Waals surface area (Å²) in [6, 6.07) is 9.48. The molecule has 0 aliphatic carbocycles. The SMILES string of the molecule is CCCCc1cc2ccccc2c(S(=O)(=O)O)c1CCCC.NCCO. The average molecular weight is 382 g/mol. The molecule has 2 rings (SSSR count). The molecular weight excluding hydrogens is 350 g/mol. The third-order valence-electron chi connectivity index (χ3n) is 4.16. The maximum absolute atomic E-state index is 12.0. The van der Waals surface area contributed by atoms with Gasteiger partial charge in [-0.05, 0) is 42.2 Å². The highest BCUT2D eigenvalue weighted by molar-refractivity contribution is 7.86. The topological polar surface area (TPSA) is 101 Å². The van der Waals surface area contributed by atoms with Crippen molar-refractivity contribution in [2.24, 2.45) is 5.73 Å². The van der Waals surface area contributed by atoms with Gasteiger partial charge in [-0.1, -0.05) is 57.0 Å². The highest BCUT2D eigenvalue weighted by Crippen LogP contribution is 2.32. The molecule has 146 valence electrons. The van der Waals surface area contributed by atoms with Crippen LogP contribution in [0.1, 0.15) is 50.7 Å². The van der Waals surface area contributed by atoms with E-state index in [1.165, 1.54) is 0 Å². The fraction of sp³-hybridized carbons (Fsp3) is 0.500. The number of fused-ring (bicyclic) bond motifs is 1. The zero-order chi connectivity index (χ0) is 19.6. The standard InChI is InChI=1S/C18H24O3S.C2H7NO/c1-3-5-9-14-13-15-10-7-8-12-17(15)18(22(19,20)21)16(14)11-6-4-2;3-1-2-4/h7-8,10,12-13H,3-6,9,11H2,1-2H3,(H,19,20,21);4H,1-3H2. The number of aliphatic hydroxyl groups is 1. The molecule has 0 fully saturated rings. The zero-order valence-electron chi connectivity index (χ0n) is 15.7. The highest BCUT2D eigenvalue weighted by atomic mass is 32.2. The lowest BCUT2D eigenvalue weighted by atomic mass is 9.94. The summed E-state index contributed by atoms with van der Waals surface area (Å²) in [5.74, 6) is 0. The molecule has 0 saturated heterocycles. The number of unbranched alkanes of at least 4 members (excludes halogenated alkanes) is 2. The van der Waals surface area contributed by atoms with Crippen molar-refractivity contribution in [3.63, 3.8) is 0 Å². The summed E-state index contributed by atoms with van der Waals surface area (Å²) < 4.78 is 33.8. The second kappa shape index (κ2) is 11.3. The Labute approximate surface area is 157 Å². The first-order valence-corrected chi connectivity index (χ1v) is 10.7. The van der Waals surface area contributed by atoms with Crippen LogP contribution in [0.5, 0.6) is 0 Å². The molecule has 0 aromatic heterocycles. The van der Waals surface area contributed by atoms with Gasteiger partial charge in [0.05, 0.1) is 6.61 Å². The molecule has 0 amide bonds. The van der Waals surface area contributed by atoms with Crippen LogP contribution in [0.3, 0.4) is 0 Å². The molecule has 4 N–H and O–H groups in total. The molecule has 0 aliphatic heterocycles. The highest BCUT2D eigenvalue weighted by Gasteiger charge is 2.22. The van der Waals surface area contributed by atoms with Crippen LogP contribution in [0.2, 0.25) is 0 Å². The molecule has 0 aliphatic rings. The summed E-state index contributed by atoms with van der Waals surface area (Å²) in [6.45, 7) is 4.68. The van der Waals surface area contributed by atoms with Crippen molar-refractivity contribution < 1.29 is 18.1 Å². The third kappa shape index (κ3) is 6.36. The van der Waals surface area contributed by atoms with Crippen molar-refractivity contribution in [3.8, 4) is 0 Å². The van der Waals surface area contributed by atoms with E-state index < -0.39 is 10.1 Å². The van der Waals surface area contributed by atoms with E-state index in [2.05, 4.69) is 19.9 Å². The van der Waals surface area contributed by atoms with Crippen LogP contribution in [0.4, 0.5) is 0 Å². The van der Waals surface area contributed by atoms with Crippen LogP contribution >= 0.6 is 0 Å². The van der Waals surface area contributed by atoms with E-state index in [9.17, 15) is 13.0 Å². The minimum Gasteiger partial charge on any atom is -0.395 e. The van der Waals surface area contributed by atoms with Gasteiger partial charge in [0.1, 0.15) is 4.90 Å². The van der Waals surface area contributed by atoms with E-state index in [0.29, 0.717) is 18.4 Å². The first-order valence-electron chi connectivity index (χ1n) is 9.22. The molecule has 0 unspecified atom stereocenters. The van der Waals surface area contributed by atoms with E-state index >= 15 is 0 Å². The van der Waals surface area contributed by atoms with Crippen LogP contribution in [0.15, 0.2) is 35.2 Å². The van der Waals surface area contributed by atoms with E-state index in [0.717, 1.165) is 48.6 Å². The monoisotopic (exact) mass is 381 g/mol. The number of hydrogen-bond acceptors (Lipinski definition) is 4. The van der Waals surface area contributed by atoms with Gasteiger partial charge in [-0.2, -0.15) is 8.42 Å². The lowest BCUT2D eigenvalue weighted by Gasteiger charge is -2.16. The van der Waals surface area contributed by atoms with Crippen LogP contribution < -0.4 is 5.73 Å². The van der Waals surface area contributed by atoms with E-state index in [1.807, 2.05) is 18.2 Å². The van der Waals surface area contributed by atoms with Gasteiger partial charge in [0.2, 0.25) is 0 Å². The van der Waals surface area contributed by atoms with Gasteiger partial charge in [-0.25, -0.2) is 0 Å². The minimum absolute atomic E-state index is 0.0972. The fourth-order valence-electron chi connectivity index (χ4n) is 2.93. The van der Waals surface area contributed by atoms with Crippen LogP contribution in [-0.2, 0) is 23.0 Å². The normalized spacial score (nSPS) is 11.3. The van der Waals surface area contributed by atoms with Gasteiger partial charge >= 0.3 is 0 Å². The molecule has 0 bridgehead atoms. The van der Waals surface area contributed by atoms with Crippen molar-refractivity contribution in [1.29, 1.82) is 0 Å². The Kier molecular flexibility index (Phi) is 9.80. The molecule has 0 spiro atoms. The number of aliphatic hydroxyl groups excluding tert-OH is 1. The summed E-state index contributed by atoms with van der Waals surface area (Å²) in [4.78, 5) is 0.116. The van der Waals surface area contributed by atoms with Crippen LogP contribution in [-0.4, -0.2) is 31.2 Å². The maximum Gasteiger partial charge on any atom is 0.295 e. The van der Waals surface area contributed by atoms with Gasteiger partial charge in [0.25, 0.3) is 10.1 Å². The van der Waals surface area contributed by atoms with Crippen molar-refractivity contribution in [2.75, 3.05) is 13.2 Å². The number of hydrogen-bond donors (Lipinski definition) is 3. The smallest absolute Gasteiger partial charge is 0.295 e. The maximum atomic E-state index is 12.0. The number of benzene rings is 2. The lowest BCUT2D eigenvalue weighted by molar-refractivity contribution is 0.306. The van der Waals surface area contributed by atoms with Gasteiger partial charge in [-0.15, -0.1) is 0 Å². The molecule has 6 heteroatoms. The zero-order valence-corrected chi connectivity index (χ0v) is 16.6. The second-order valence-corrected chi connectivity index (χ2v) is 7.62. The van der Waals surface area contributed by atoms with Gasteiger partial charge in [0, 0.05) is 11.9 Å². The summed E-state index contributed by atoms with van der Waals surface area (Å²) in [6.07, 6.45) is 5.52. The Balaban J connectivity index is 0.000000765. The summed E-state index contributed by atoms with van der Waals surface area (Å²) >= 11 is 0. The molecule has 0 radical (unpaired) electrons. The molecule has 26 heavy (non-hydrogen) atoms. The minimum atomic E-state index is -4.24. The van der Waals surface area contributed by atoms with E-state index in [-0.39, 0.29) is 11.5 Å². The predicted octanol–water partition coefficient (Wildman–Crippen LogP) is 3.71. The van der Waals surface area contributed by atoms with Gasteiger partial charge < -0.3 is 10.8 Å². The Morgan fingerprint density at radius 2 is 1.62 bits per heavy atom. The average Bonchev–Trinajstić information content (AvgIpc) is 2.63. The molecule has 2 aromatic rings. The Bertz CT molecular complexity index is 786. The van der Waals surface area contributed by atoms with E-state index in [4.69, 9.17) is 10.8 Å². The molecule has 5 nitrogen and oxygen atoms in total. The summed E-state index contributed by atoms with van der Waals surface area (Å²) in [5, 5.41) is 9.25. The summed E-state index contributed by atoms with van der Waals surface area (Å²) in [7, 11) is -4.24. The first kappa shape index (κ1) is 22.6. The first-order chi connectivity index (χ1) is 12.4. The van der Waals surface area contributed by atoms with Crippen molar-refractivity contribution in [2.45, 2.75) is 57.3 Å². The quantitative estimate of drug-likeness (QED) is 0.605. The number of nitrogens with two attached hydrogens (primary N) is 1. The third-order valence-corrected chi connectivity index (χ3v) is 5.15. The molecule has 0 saturated carbocycles. The molecule has 0 atom stereocenters.